The lowest BCUT2D eigenvalue weighted by molar-refractivity contribution is 0.102. The first-order chi connectivity index (χ1) is 16.6. The number of hydrogen-bond donors (Lipinski definition) is 5. The standard InChI is InChI=1S/C27H25N5O2/c1-17-7-9-20(33)14-23(17)30-22-11-12-29-26-25(22)27(34)32-24-13-19(8-10-21(24)31-26)16-28-15-18-5-3-2-4-6-18/h2-14,28,33H,15-16H2,1H3,(H,32,34)(H2,29,30,31). The monoisotopic (exact) mass is 451 g/mol. The normalized spacial score (nSPS) is 12.1. The maximum absolute atomic E-state index is 13.2. The molecule has 170 valence electrons. The van der Waals surface area contributed by atoms with Crippen molar-refractivity contribution in [1.82, 2.24) is 10.3 Å². The summed E-state index contributed by atoms with van der Waals surface area (Å²) in [6, 6.07) is 23.0. The number of fused-ring (bicyclic) bond motifs is 2. The molecule has 0 fully saturated rings. The molecule has 0 unspecified atom stereocenters. The van der Waals surface area contributed by atoms with Crippen molar-refractivity contribution in [3.8, 4) is 5.75 Å². The van der Waals surface area contributed by atoms with Crippen LogP contribution in [0.5, 0.6) is 5.75 Å². The Balaban J connectivity index is 1.37. The summed E-state index contributed by atoms with van der Waals surface area (Å²) in [7, 11) is 0. The van der Waals surface area contributed by atoms with Crippen LogP contribution in [0.15, 0.2) is 79.0 Å². The van der Waals surface area contributed by atoms with Crippen LogP contribution in [0, 0.1) is 6.92 Å². The number of nitrogens with one attached hydrogen (secondary N) is 4. The summed E-state index contributed by atoms with van der Waals surface area (Å²) in [6.45, 7) is 3.37. The molecule has 2 heterocycles. The Bertz CT molecular complexity index is 1350. The number of carbonyl (C=O) groups is 1. The van der Waals surface area contributed by atoms with E-state index in [4.69, 9.17) is 0 Å². The zero-order valence-electron chi connectivity index (χ0n) is 18.7. The highest BCUT2D eigenvalue weighted by Crippen LogP contribution is 2.36. The summed E-state index contributed by atoms with van der Waals surface area (Å²) in [4.78, 5) is 17.6. The molecule has 34 heavy (non-hydrogen) atoms. The van der Waals surface area contributed by atoms with Gasteiger partial charge in [0.2, 0.25) is 0 Å². The van der Waals surface area contributed by atoms with Crippen LogP contribution in [-0.4, -0.2) is 16.0 Å². The van der Waals surface area contributed by atoms with E-state index in [1.165, 1.54) is 5.56 Å². The number of phenolic OH excluding ortho intramolecular Hbond substituents is 1. The second-order valence-electron chi connectivity index (χ2n) is 8.25. The number of amides is 1. The van der Waals surface area contributed by atoms with E-state index in [9.17, 15) is 9.90 Å². The smallest absolute Gasteiger partial charge is 0.261 e. The molecular formula is C27H25N5O2. The number of aryl methyl sites for hydroxylation is 1. The maximum Gasteiger partial charge on any atom is 0.261 e. The molecule has 5 N–H and O–H groups in total. The summed E-state index contributed by atoms with van der Waals surface area (Å²) in [5.74, 6) is 0.356. The predicted octanol–water partition coefficient (Wildman–Crippen LogP) is 5.44. The molecule has 1 aliphatic heterocycles. The number of aromatic hydroxyl groups is 1. The van der Waals surface area contributed by atoms with E-state index in [2.05, 4.69) is 38.4 Å². The van der Waals surface area contributed by atoms with Gasteiger partial charge in [-0.15, -0.1) is 0 Å². The van der Waals surface area contributed by atoms with Crippen molar-refractivity contribution >= 4 is 34.5 Å². The topological polar surface area (TPSA) is 98.3 Å². The second-order valence-corrected chi connectivity index (χ2v) is 8.25. The third kappa shape index (κ3) is 4.55. The number of nitrogens with zero attached hydrogens (tertiary/aromatic N) is 1. The highest BCUT2D eigenvalue weighted by atomic mass is 16.3. The highest BCUT2D eigenvalue weighted by molar-refractivity contribution is 6.15. The van der Waals surface area contributed by atoms with E-state index < -0.39 is 0 Å². The van der Waals surface area contributed by atoms with Crippen LogP contribution in [0.1, 0.15) is 27.0 Å². The van der Waals surface area contributed by atoms with Gasteiger partial charge in [0.25, 0.3) is 5.91 Å². The molecule has 0 aliphatic carbocycles. The minimum atomic E-state index is -0.260. The Kier molecular flexibility index (Phi) is 5.84. The number of hydrogen-bond acceptors (Lipinski definition) is 6. The highest BCUT2D eigenvalue weighted by Gasteiger charge is 2.24. The third-order valence-corrected chi connectivity index (χ3v) is 5.75. The SMILES string of the molecule is Cc1ccc(O)cc1Nc1ccnc2c1C(=O)Nc1cc(CNCc3ccccc3)ccc1N2. The van der Waals surface area contributed by atoms with Gasteiger partial charge in [-0.3, -0.25) is 4.79 Å². The maximum atomic E-state index is 13.2. The number of rotatable bonds is 6. The van der Waals surface area contributed by atoms with Crippen LogP contribution in [0.25, 0.3) is 0 Å². The molecule has 0 radical (unpaired) electrons. The Labute approximate surface area is 197 Å². The molecule has 0 spiro atoms. The van der Waals surface area contributed by atoms with Crippen LogP contribution < -0.4 is 21.3 Å². The molecule has 0 saturated carbocycles. The molecule has 0 atom stereocenters. The van der Waals surface area contributed by atoms with Crippen molar-refractivity contribution in [1.29, 1.82) is 0 Å². The van der Waals surface area contributed by atoms with Crippen molar-refractivity contribution in [2.24, 2.45) is 0 Å². The first kappa shape index (κ1) is 21.5. The lowest BCUT2D eigenvalue weighted by atomic mass is 10.1. The fourth-order valence-corrected chi connectivity index (χ4v) is 3.95. The van der Waals surface area contributed by atoms with E-state index in [1.54, 1.807) is 24.4 Å². The average molecular weight is 452 g/mol. The van der Waals surface area contributed by atoms with Gasteiger partial charge in [0.15, 0.2) is 0 Å². The van der Waals surface area contributed by atoms with Crippen molar-refractivity contribution in [2.75, 3.05) is 16.0 Å². The fourth-order valence-electron chi connectivity index (χ4n) is 3.95. The summed E-state index contributed by atoms with van der Waals surface area (Å²) in [6.07, 6.45) is 1.65. The minimum absolute atomic E-state index is 0.150. The Hall–Kier alpha value is -4.36. The number of pyridine rings is 1. The lowest BCUT2D eigenvalue weighted by Gasteiger charge is -2.14. The van der Waals surface area contributed by atoms with Gasteiger partial charge in [0.05, 0.1) is 17.1 Å². The molecule has 4 aromatic rings. The van der Waals surface area contributed by atoms with Gasteiger partial charge in [0.1, 0.15) is 17.1 Å². The first-order valence-electron chi connectivity index (χ1n) is 11.1. The molecule has 1 aromatic heterocycles. The average Bonchev–Trinajstić information content (AvgIpc) is 2.98. The van der Waals surface area contributed by atoms with Crippen molar-refractivity contribution < 1.29 is 9.90 Å². The molecule has 3 aromatic carbocycles. The van der Waals surface area contributed by atoms with Gasteiger partial charge in [-0.1, -0.05) is 42.5 Å². The lowest BCUT2D eigenvalue weighted by Crippen LogP contribution is -2.15. The van der Waals surface area contributed by atoms with E-state index in [-0.39, 0.29) is 11.7 Å². The minimum Gasteiger partial charge on any atom is -0.508 e. The number of anilines is 5. The predicted molar refractivity (Wildman–Crippen MR) is 135 cm³/mol. The molecule has 0 saturated heterocycles. The Morgan fingerprint density at radius 3 is 2.53 bits per heavy atom. The van der Waals surface area contributed by atoms with E-state index in [1.807, 2.05) is 49.4 Å². The zero-order chi connectivity index (χ0) is 23.5. The van der Waals surface area contributed by atoms with Gasteiger partial charge < -0.3 is 26.4 Å². The van der Waals surface area contributed by atoms with Crippen LogP contribution in [0.3, 0.4) is 0 Å². The summed E-state index contributed by atoms with van der Waals surface area (Å²) in [5.41, 5.74) is 6.42. The van der Waals surface area contributed by atoms with Crippen molar-refractivity contribution in [3.63, 3.8) is 0 Å². The van der Waals surface area contributed by atoms with Gasteiger partial charge in [0, 0.05) is 31.0 Å². The summed E-state index contributed by atoms with van der Waals surface area (Å²) >= 11 is 0. The molecule has 1 aliphatic rings. The molecule has 1 amide bonds. The van der Waals surface area contributed by atoms with Gasteiger partial charge in [-0.05, 0) is 47.9 Å². The van der Waals surface area contributed by atoms with Gasteiger partial charge in [-0.2, -0.15) is 0 Å². The quantitative estimate of drug-likeness (QED) is 0.268. The molecule has 0 bridgehead atoms. The largest absolute Gasteiger partial charge is 0.508 e. The van der Waals surface area contributed by atoms with Gasteiger partial charge >= 0.3 is 0 Å². The second kappa shape index (κ2) is 9.25. The molecule has 5 rings (SSSR count). The number of phenols is 1. The van der Waals surface area contributed by atoms with Crippen LogP contribution in [0.4, 0.5) is 28.6 Å². The molecular weight excluding hydrogens is 426 g/mol. The van der Waals surface area contributed by atoms with E-state index in [0.29, 0.717) is 29.3 Å². The number of benzene rings is 3. The third-order valence-electron chi connectivity index (χ3n) is 5.75. The summed E-state index contributed by atoms with van der Waals surface area (Å²) in [5, 5.41) is 22.9. The van der Waals surface area contributed by atoms with Crippen LogP contribution >= 0.6 is 0 Å². The van der Waals surface area contributed by atoms with E-state index >= 15 is 0 Å². The number of aromatic nitrogens is 1. The first-order valence-corrected chi connectivity index (χ1v) is 11.1. The summed E-state index contributed by atoms with van der Waals surface area (Å²) < 4.78 is 0. The van der Waals surface area contributed by atoms with Crippen LogP contribution in [-0.2, 0) is 13.1 Å². The molecule has 7 heteroatoms. The fraction of sp³-hybridized carbons (Fsp3) is 0.111. The molecule has 7 nitrogen and oxygen atoms in total. The van der Waals surface area contributed by atoms with Crippen LogP contribution in [0.2, 0.25) is 0 Å². The van der Waals surface area contributed by atoms with Crippen molar-refractivity contribution in [3.05, 3.63) is 101 Å². The van der Waals surface area contributed by atoms with E-state index in [0.717, 1.165) is 29.0 Å². The van der Waals surface area contributed by atoms with Gasteiger partial charge in [-0.25, -0.2) is 4.98 Å². The Morgan fingerprint density at radius 2 is 1.68 bits per heavy atom. The Morgan fingerprint density at radius 1 is 0.853 bits per heavy atom. The number of carbonyl (C=O) groups excluding carboxylic acids is 1. The zero-order valence-corrected chi connectivity index (χ0v) is 18.7. The van der Waals surface area contributed by atoms with Crippen molar-refractivity contribution in [2.45, 2.75) is 20.0 Å².